The van der Waals surface area contributed by atoms with Crippen LogP contribution in [0.1, 0.15) is 24.5 Å². The number of amides is 1. The topological polar surface area (TPSA) is 117 Å². The summed E-state index contributed by atoms with van der Waals surface area (Å²) in [6.07, 6.45) is 3.94. The molecule has 1 amide bonds. The Labute approximate surface area is 152 Å². The number of nitrogens with two attached hydrogens (primary N) is 1. The van der Waals surface area contributed by atoms with Crippen molar-refractivity contribution in [1.29, 1.82) is 5.26 Å². The summed E-state index contributed by atoms with van der Waals surface area (Å²) >= 11 is 0. The molecule has 1 fully saturated rings. The zero-order valence-corrected chi connectivity index (χ0v) is 14.8. The third-order valence-electron chi connectivity index (χ3n) is 4.44. The molecule has 0 aliphatic carbocycles. The fraction of sp³-hybridized carbons (Fsp3) is 0.412. The van der Waals surface area contributed by atoms with Crippen molar-refractivity contribution in [1.82, 2.24) is 20.6 Å². The Hall–Kier alpha value is -2.27. The first kappa shape index (κ1) is 19.1. The molecule has 0 saturated carbocycles. The van der Waals surface area contributed by atoms with Crippen LogP contribution in [0.15, 0.2) is 24.5 Å². The van der Waals surface area contributed by atoms with Gasteiger partial charge in [0.15, 0.2) is 0 Å². The first-order valence-electron chi connectivity index (χ1n) is 7.96. The molecule has 1 aliphatic heterocycles. The van der Waals surface area contributed by atoms with E-state index >= 15 is 0 Å². The van der Waals surface area contributed by atoms with Crippen molar-refractivity contribution >= 4 is 29.3 Å². The molecule has 2 heterocycles. The molecule has 7 nitrogen and oxygen atoms in total. The molecule has 0 spiro atoms. The van der Waals surface area contributed by atoms with Gasteiger partial charge < -0.3 is 16.4 Å². The van der Waals surface area contributed by atoms with Gasteiger partial charge >= 0.3 is 0 Å². The predicted molar refractivity (Wildman–Crippen MR) is 97.0 cm³/mol. The minimum atomic E-state index is -0.615. The summed E-state index contributed by atoms with van der Waals surface area (Å²) in [5, 5.41) is 15.8. The number of benzene rings is 1. The normalized spacial score (nSPS) is 22.7. The highest BCUT2D eigenvalue weighted by molar-refractivity contribution is 5.86. The molecule has 1 aromatic carbocycles. The minimum Gasteiger partial charge on any atom is -0.344 e. The van der Waals surface area contributed by atoms with Crippen LogP contribution in [0, 0.1) is 17.2 Å². The number of hydrogen-bond acceptors (Lipinski definition) is 6. The van der Waals surface area contributed by atoms with Crippen molar-refractivity contribution in [2.75, 3.05) is 19.6 Å². The van der Waals surface area contributed by atoms with Crippen LogP contribution in [0.3, 0.4) is 0 Å². The van der Waals surface area contributed by atoms with Crippen LogP contribution in [-0.4, -0.2) is 35.5 Å². The largest absolute Gasteiger partial charge is 0.344 e. The Balaban J connectivity index is 0.00000225. The summed E-state index contributed by atoms with van der Waals surface area (Å²) in [5.41, 5.74) is 7.43. The van der Waals surface area contributed by atoms with E-state index in [-0.39, 0.29) is 24.9 Å². The van der Waals surface area contributed by atoms with E-state index in [0.29, 0.717) is 29.1 Å². The van der Waals surface area contributed by atoms with Crippen LogP contribution in [0.2, 0.25) is 0 Å². The Morgan fingerprint density at radius 3 is 2.80 bits per heavy atom. The van der Waals surface area contributed by atoms with Crippen LogP contribution in [0.5, 0.6) is 0 Å². The van der Waals surface area contributed by atoms with Crippen molar-refractivity contribution < 1.29 is 4.79 Å². The minimum absolute atomic E-state index is 0. The van der Waals surface area contributed by atoms with Gasteiger partial charge in [-0.1, -0.05) is 13.0 Å². The van der Waals surface area contributed by atoms with E-state index in [9.17, 15) is 10.1 Å². The molecule has 0 unspecified atom stereocenters. The van der Waals surface area contributed by atoms with Gasteiger partial charge in [-0.2, -0.15) is 5.26 Å². The molecule has 3 rings (SSSR count). The van der Waals surface area contributed by atoms with Crippen LogP contribution >= 0.6 is 12.4 Å². The van der Waals surface area contributed by atoms with E-state index in [0.717, 1.165) is 18.5 Å². The van der Waals surface area contributed by atoms with Crippen molar-refractivity contribution in [3.8, 4) is 6.07 Å². The Morgan fingerprint density at radius 2 is 2.16 bits per heavy atom. The molecule has 8 heteroatoms. The van der Waals surface area contributed by atoms with Crippen LogP contribution in [0.4, 0.5) is 0 Å². The number of piperidine rings is 1. The third kappa shape index (κ3) is 3.56. The van der Waals surface area contributed by atoms with Gasteiger partial charge in [0.1, 0.15) is 11.6 Å². The summed E-state index contributed by atoms with van der Waals surface area (Å²) in [4.78, 5) is 20.8. The van der Waals surface area contributed by atoms with Gasteiger partial charge in [-0.3, -0.25) is 14.8 Å². The van der Waals surface area contributed by atoms with Crippen LogP contribution in [0.25, 0.3) is 11.0 Å². The molecule has 2 aromatic rings. The molecule has 1 aromatic heterocycles. The second-order valence-electron chi connectivity index (χ2n) is 6.30. The van der Waals surface area contributed by atoms with E-state index in [2.05, 4.69) is 33.6 Å². The molecule has 0 radical (unpaired) electrons. The van der Waals surface area contributed by atoms with Gasteiger partial charge in [-0.05, 0) is 24.9 Å². The van der Waals surface area contributed by atoms with Crippen molar-refractivity contribution in [3.63, 3.8) is 0 Å². The number of rotatable bonds is 3. The molecular formula is C17H21ClN6O. The first-order chi connectivity index (χ1) is 11.6. The molecule has 1 aliphatic rings. The number of halogens is 1. The highest BCUT2D eigenvalue weighted by atomic mass is 35.5. The number of carbonyl (C=O) groups excluding carboxylic acids is 1. The SMILES string of the molecule is C[C@@H]1CNC[C@](NC(=O)CN)(c2ccc(C#N)c3nccnc23)C1.Cl. The smallest absolute Gasteiger partial charge is 0.234 e. The molecule has 4 N–H and O–H groups in total. The fourth-order valence-electron chi connectivity index (χ4n) is 3.49. The van der Waals surface area contributed by atoms with Crippen LogP contribution in [-0.2, 0) is 10.3 Å². The molecular weight excluding hydrogens is 340 g/mol. The Kier molecular flexibility index (Phi) is 5.90. The second-order valence-corrected chi connectivity index (χ2v) is 6.30. The summed E-state index contributed by atoms with van der Waals surface area (Å²) < 4.78 is 0. The van der Waals surface area contributed by atoms with Gasteiger partial charge in [0.05, 0.1) is 23.2 Å². The number of aromatic nitrogens is 2. The number of hydrogen-bond donors (Lipinski definition) is 3. The van der Waals surface area contributed by atoms with Gasteiger partial charge in [0, 0.05) is 24.5 Å². The van der Waals surface area contributed by atoms with Gasteiger partial charge in [-0.25, -0.2) is 0 Å². The van der Waals surface area contributed by atoms with E-state index in [1.807, 2.05) is 6.07 Å². The third-order valence-corrected chi connectivity index (χ3v) is 4.44. The molecule has 1 saturated heterocycles. The number of nitrogens with one attached hydrogen (secondary N) is 2. The predicted octanol–water partition coefficient (Wildman–Crippen LogP) is 0.823. The fourth-order valence-corrected chi connectivity index (χ4v) is 3.49. The lowest BCUT2D eigenvalue weighted by Crippen LogP contribution is -2.58. The quantitative estimate of drug-likeness (QED) is 0.746. The lowest BCUT2D eigenvalue weighted by atomic mass is 9.78. The van der Waals surface area contributed by atoms with Gasteiger partial charge in [-0.15, -0.1) is 12.4 Å². The maximum Gasteiger partial charge on any atom is 0.234 e. The highest BCUT2D eigenvalue weighted by Gasteiger charge is 2.39. The number of fused-ring (bicyclic) bond motifs is 1. The van der Waals surface area contributed by atoms with E-state index in [1.54, 1.807) is 18.5 Å². The van der Waals surface area contributed by atoms with E-state index in [4.69, 9.17) is 5.73 Å². The van der Waals surface area contributed by atoms with Gasteiger partial charge in [0.2, 0.25) is 5.91 Å². The van der Waals surface area contributed by atoms with Gasteiger partial charge in [0.25, 0.3) is 0 Å². The number of nitriles is 1. The average Bonchev–Trinajstić information content (AvgIpc) is 2.60. The zero-order valence-electron chi connectivity index (χ0n) is 14.0. The lowest BCUT2D eigenvalue weighted by molar-refractivity contribution is -0.122. The Bertz CT molecular complexity index is 820. The molecule has 2 atom stereocenters. The maximum absolute atomic E-state index is 12.1. The highest BCUT2D eigenvalue weighted by Crippen LogP contribution is 2.35. The summed E-state index contributed by atoms with van der Waals surface area (Å²) in [6.45, 7) is 3.53. The second kappa shape index (κ2) is 7.74. The average molecular weight is 361 g/mol. The monoisotopic (exact) mass is 360 g/mol. The number of nitrogens with zero attached hydrogens (tertiary/aromatic N) is 3. The van der Waals surface area contributed by atoms with Crippen molar-refractivity contribution in [3.05, 3.63) is 35.7 Å². The summed E-state index contributed by atoms with van der Waals surface area (Å²) in [5.74, 6) is 0.159. The Morgan fingerprint density at radius 1 is 1.44 bits per heavy atom. The molecule has 132 valence electrons. The summed E-state index contributed by atoms with van der Waals surface area (Å²) in [6, 6.07) is 5.75. The lowest BCUT2D eigenvalue weighted by Gasteiger charge is -2.42. The van der Waals surface area contributed by atoms with Crippen LogP contribution < -0.4 is 16.4 Å². The van der Waals surface area contributed by atoms with E-state index < -0.39 is 5.54 Å². The molecule has 25 heavy (non-hydrogen) atoms. The van der Waals surface area contributed by atoms with Crippen molar-refractivity contribution in [2.24, 2.45) is 11.7 Å². The zero-order chi connectivity index (χ0) is 17.2. The first-order valence-corrected chi connectivity index (χ1v) is 7.96. The van der Waals surface area contributed by atoms with Crippen molar-refractivity contribution in [2.45, 2.75) is 18.9 Å². The molecule has 0 bridgehead atoms. The summed E-state index contributed by atoms with van der Waals surface area (Å²) in [7, 11) is 0. The number of carbonyl (C=O) groups is 1. The maximum atomic E-state index is 12.1. The standard InChI is InChI=1S/C17H20N6O.ClH/c1-11-6-17(10-20-9-11,23-14(24)8-19)13-3-2-12(7-18)15-16(13)22-5-4-21-15;/h2-5,11,20H,6,8-10,19H2,1H3,(H,23,24);1H/t11-,17-;/m0./s1. The van der Waals surface area contributed by atoms with E-state index in [1.165, 1.54) is 0 Å².